The van der Waals surface area contributed by atoms with Crippen molar-refractivity contribution in [3.63, 3.8) is 0 Å². The summed E-state index contributed by atoms with van der Waals surface area (Å²) in [6.07, 6.45) is 5.16. The Morgan fingerprint density at radius 2 is 2.16 bits per heavy atom. The quantitative estimate of drug-likeness (QED) is 0.886. The molecule has 1 amide bonds. The number of rotatable bonds is 5. The van der Waals surface area contributed by atoms with Crippen molar-refractivity contribution in [1.29, 1.82) is 0 Å². The molecule has 0 radical (unpaired) electrons. The first kappa shape index (κ1) is 18.1. The van der Waals surface area contributed by atoms with Gasteiger partial charge in [-0.05, 0) is 45.2 Å². The van der Waals surface area contributed by atoms with E-state index < -0.39 is 0 Å². The predicted octanol–water partition coefficient (Wildman–Crippen LogP) is 2.23. The maximum atomic E-state index is 12.8. The van der Waals surface area contributed by atoms with Crippen LogP contribution in [-0.4, -0.2) is 72.2 Å². The van der Waals surface area contributed by atoms with Gasteiger partial charge in [0.15, 0.2) is 0 Å². The SMILES string of the molecule is C[C@H](CNc1ncccc1C(=O)N1CCCCC1)N1CCOC[C@H]1C. The first-order valence-corrected chi connectivity index (χ1v) is 9.48. The van der Waals surface area contributed by atoms with E-state index >= 15 is 0 Å². The molecule has 6 heteroatoms. The number of hydrogen-bond donors (Lipinski definition) is 1. The Labute approximate surface area is 150 Å². The molecule has 0 aromatic carbocycles. The first-order valence-electron chi connectivity index (χ1n) is 9.48. The van der Waals surface area contributed by atoms with E-state index in [2.05, 4.69) is 29.0 Å². The zero-order chi connectivity index (χ0) is 17.6. The summed E-state index contributed by atoms with van der Waals surface area (Å²) in [7, 11) is 0. The van der Waals surface area contributed by atoms with E-state index in [9.17, 15) is 4.79 Å². The Balaban J connectivity index is 1.63. The van der Waals surface area contributed by atoms with Crippen LogP contribution in [0.4, 0.5) is 5.82 Å². The molecule has 6 nitrogen and oxygen atoms in total. The molecule has 0 bridgehead atoms. The maximum Gasteiger partial charge on any atom is 0.257 e. The fourth-order valence-corrected chi connectivity index (χ4v) is 3.74. The monoisotopic (exact) mass is 346 g/mol. The number of ether oxygens (including phenoxy) is 1. The lowest BCUT2D eigenvalue weighted by Gasteiger charge is -2.38. The van der Waals surface area contributed by atoms with Gasteiger partial charge in [-0.25, -0.2) is 4.98 Å². The van der Waals surface area contributed by atoms with Gasteiger partial charge in [0, 0.05) is 44.5 Å². The number of nitrogens with one attached hydrogen (secondary N) is 1. The molecule has 0 unspecified atom stereocenters. The average Bonchev–Trinajstić information content (AvgIpc) is 2.67. The molecule has 3 rings (SSSR count). The number of nitrogens with zero attached hydrogens (tertiary/aromatic N) is 3. The van der Waals surface area contributed by atoms with E-state index in [-0.39, 0.29) is 5.91 Å². The molecule has 1 aromatic rings. The predicted molar refractivity (Wildman–Crippen MR) is 98.9 cm³/mol. The second-order valence-electron chi connectivity index (χ2n) is 7.14. The number of pyridine rings is 1. The second-order valence-corrected chi connectivity index (χ2v) is 7.14. The molecular weight excluding hydrogens is 316 g/mol. The van der Waals surface area contributed by atoms with Crippen molar-refractivity contribution in [3.05, 3.63) is 23.9 Å². The van der Waals surface area contributed by atoms with Crippen LogP contribution in [0.25, 0.3) is 0 Å². The first-order chi connectivity index (χ1) is 12.2. The lowest BCUT2D eigenvalue weighted by Crippen LogP contribution is -2.50. The van der Waals surface area contributed by atoms with E-state index in [0.29, 0.717) is 23.5 Å². The summed E-state index contributed by atoms with van der Waals surface area (Å²) < 4.78 is 5.52. The minimum Gasteiger partial charge on any atom is -0.379 e. The molecule has 2 aliphatic heterocycles. The van der Waals surface area contributed by atoms with Crippen molar-refractivity contribution < 1.29 is 9.53 Å². The summed E-state index contributed by atoms with van der Waals surface area (Å²) in [5.74, 6) is 0.800. The molecule has 0 spiro atoms. The number of piperidine rings is 1. The van der Waals surface area contributed by atoms with Gasteiger partial charge in [0.05, 0.1) is 18.8 Å². The number of anilines is 1. The largest absolute Gasteiger partial charge is 0.379 e. The Morgan fingerprint density at radius 3 is 2.92 bits per heavy atom. The van der Waals surface area contributed by atoms with Crippen LogP contribution in [0.1, 0.15) is 43.5 Å². The third-order valence-corrected chi connectivity index (χ3v) is 5.23. The molecule has 0 saturated carbocycles. The van der Waals surface area contributed by atoms with E-state index in [0.717, 1.165) is 52.2 Å². The smallest absolute Gasteiger partial charge is 0.257 e. The molecule has 0 aliphatic carbocycles. The highest BCUT2D eigenvalue weighted by Gasteiger charge is 2.25. The zero-order valence-corrected chi connectivity index (χ0v) is 15.4. The lowest BCUT2D eigenvalue weighted by atomic mass is 10.1. The van der Waals surface area contributed by atoms with Crippen molar-refractivity contribution in [2.75, 3.05) is 44.7 Å². The fourth-order valence-electron chi connectivity index (χ4n) is 3.74. The van der Waals surface area contributed by atoms with Crippen LogP contribution in [0.5, 0.6) is 0 Å². The molecule has 2 saturated heterocycles. The van der Waals surface area contributed by atoms with E-state index in [1.54, 1.807) is 6.20 Å². The van der Waals surface area contributed by atoms with Gasteiger partial charge in [-0.2, -0.15) is 0 Å². The molecule has 2 atom stereocenters. The van der Waals surface area contributed by atoms with Gasteiger partial charge in [-0.3, -0.25) is 9.69 Å². The van der Waals surface area contributed by atoms with Gasteiger partial charge in [0.2, 0.25) is 0 Å². The van der Waals surface area contributed by atoms with E-state index in [1.165, 1.54) is 6.42 Å². The van der Waals surface area contributed by atoms with Crippen LogP contribution in [0.3, 0.4) is 0 Å². The Kier molecular flexibility index (Phi) is 6.26. The van der Waals surface area contributed by atoms with Crippen LogP contribution >= 0.6 is 0 Å². The van der Waals surface area contributed by atoms with Crippen molar-refractivity contribution >= 4 is 11.7 Å². The van der Waals surface area contributed by atoms with Gasteiger partial charge >= 0.3 is 0 Å². The number of carbonyl (C=O) groups is 1. The Bertz CT molecular complexity index is 574. The summed E-state index contributed by atoms with van der Waals surface area (Å²) in [5.41, 5.74) is 0.687. The van der Waals surface area contributed by atoms with Crippen LogP contribution in [-0.2, 0) is 4.74 Å². The summed E-state index contributed by atoms with van der Waals surface area (Å²) >= 11 is 0. The average molecular weight is 346 g/mol. The Morgan fingerprint density at radius 1 is 1.36 bits per heavy atom. The van der Waals surface area contributed by atoms with Crippen LogP contribution in [0.15, 0.2) is 18.3 Å². The third-order valence-electron chi connectivity index (χ3n) is 5.23. The highest BCUT2D eigenvalue weighted by molar-refractivity contribution is 5.98. The molecule has 25 heavy (non-hydrogen) atoms. The number of carbonyl (C=O) groups excluding carboxylic acids is 1. The zero-order valence-electron chi connectivity index (χ0n) is 15.4. The van der Waals surface area contributed by atoms with Gasteiger partial charge in [-0.1, -0.05) is 0 Å². The summed E-state index contributed by atoms with van der Waals surface area (Å²) in [4.78, 5) is 21.7. The molecule has 3 heterocycles. The number of aromatic nitrogens is 1. The Hall–Kier alpha value is -1.66. The summed E-state index contributed by atoms with van der Waals surface area (Å²) in [6.45, 7) is 9.41. The van der Waals surface area contributed by atoms with Gasteiger partial charge in [0.25, 0.3) is 5.91 Å². The minimum atomic E-state index is 0.0997. The van der Waals surface area contributed by atoms with E-state index in [4.69, 9.17) is 4.74 Å². The van der Waals surface area contributed by atoms with E-state index in [1.807, 2.05) is 17.0 Å². The molecule has 1 N–H and O–H groups in total. The standard InChI is InChI=1S/C19H30N4O2/c1-15(23-11-12-25-14-16(23)2)13-21-18-17(7-6-8-20-18)19(24)22-9-4-3-5-10-22/h6-8,15-16H,3-5,9-14H2,1-2H3,(H,20,21)/t15-,16-/m1/s1. The topological polar surface area (TPSA) is 57.7 Å². The minimum absolute atomic E-state index is 0.0997. The second kappa shape index (κ2) is 8.63. The van der Waals surface area contributed by atoms with Crippen LogP contribution < -0.4 is 5.32 Å². The molecule has 2 fully saturated rings. The molecule has 138 valence electrons. The van der Waals surface area contributed by atoms with Crippen molar-refractivity contribution in [2.45, 2.75) is 45.2 Å². The van der Waals surface area contributed by atoms with Gasteiger partial charge < -0.3 is 15.0 Å². The highest BCUT2D eigenvalue weighted by Crippen LogP contribution is 2.19. The van der Waals surface area contributed by atoms with Crippen LogP contribution in [0, 0.1) is 0 Å². The molecular formula is C19H30N4O2. The number of morpholine rings is 1. The number of amides is 1. The van der Waals surface area contributed by atoms with Gasteiger partial charge in [0.1, 0.15) is 5.82 Å². The molecule has 2 aliphatic rings. The van der Waals surface area contributed by atoms with Crippen molar-refractivity contribution in [2.24, 2.45) is 0 Å². The van der Waals surface area contributed by atoms with Crippen molar-refractivity contribution in [3.8, 4) is 0 Å². The summed E-state index contributed by atoms with van der Waals surface area (Å²) in [6, 6.07) is 4.51. The third kappa shape index (κ3) is 4.50. The fraction of sp³-hybridized carbons (Fsp3) is 0.684. The highest BCUT2D eigenvalue weighted by atomic mass is 16.5. The van der Waals surface area contributed by atoms with Crippen LogP contribution in [0.2, 0.25) is 0 Å². The summed E-state index contributed by atoms with van der Waals surface area (Å²) in [5, 5.41) is 3.41. The maximum absolute atomic E-state index is 12.8. The van der Waals surface area contributed by atoms with Gasteiger partial charge in [-0.15, -0.1) is 0 Å². The lowest BCUT2D eigenvalue weighted by molar-refractivity contribution is -0.0159. The number of likely N-dealkylation sites (tertiary alicyclic amines) is 1. The number of hydrogen-bond acceptors (Lipinski definition) is 5. The normalized spacial score (nSPS) is 23.3. The molecule has 1 aromatic heterocycles. The van der Waals surface area contributed by atoms with Crippen molar-refractivity contribution in [1.82, 2.24) is 14.8 Å².